The molecule has 0 aromatic heterocycles. The molecule has 1 fully saturated rings. The van der Waals surface area contributed by atoms with Crippen molar-refractivity contribution in [3.8, 4) is 5.75 Å². The van der Waals surface area contributed by atoms with Crippen LogP contribution in [0.5, 0.6) is 5.75 Å². The molecule has 0 spiro atoms. The maximum atomic E-state index is 12.0. The van der Waals surface area contributed by atoms with Gasteiger partial charge in [-0.05, 0) is 18.6 Å². The Morgan fingerprint density at radius 2 is 2.42 bits per heavy atom. The summed E-state index contributed by atoms with van der Waals surface area (Å²) in [6.45, 7) is 4.69. The average molecular weight is 281 g/mol. The van der Waals surface area contributed by atoms with Gasteiger partial charge in [-0.2, -0.15) is 0 Å². The lowest BCUT2D eigenvalue weighted by atomic mass is 10.1. The molecule has 1 saturated heterocycles. The van der Waals surface area contributed by atoms with Gasteiger partial charge in [0.2, 0.25) is 5.91 Å². The number of methoxy groups -OCH3 is 1. The van der Waals surface area contributed by atoms with Gasteiger partial charge in [-0.1, -0.05) is 17.7 Å². The first-order valence-electron chi connectivity index (χ1n) is 6.14. The summed E-state index contributed by atoms with van der Waals surface area (Å²) in [5.74, 6) is 0.621. The molecule has 1 aliphatic rings. The number of amides is 1. The third-order valence-electron chi connectivity index (χ3n) is 3.14. The minimum Gasteiger partial charge on any atom is -0.495 e. The Kier molecular flexibility index (Phi) is 4.45. The second-order valence-electron chi connectivity index (χ2n) is 4.43. The molecular weight excluding hydrogens is 264 g/mol. The van der Waals surface area contributed by atoms with E-state index in [2.05, 4.69) is 11.9 Å². The van der Waals surface area contributed by atoms with Crippen LogP contribution in [0.15, 0.2) is 30.9 Å². The van der Waals surface area contributed by atoms with Crippen LogP contribution in [0.3, 0.4) is 0 Å². The summed E-state index contributed by atoms with van der Waals surface area (Å²) in [5.41, 5.74) is 0.807. The molecule has 1 aromatic rings. The summed E-state index contributed by atoms with van der Waals surface area (Å²) in [5, 5.41) is 3.73. The van der Waals surface area contributed by atoms with E-state index in [-0.39, 0.29) is 11.9 Å². The highest BCUT2D eigenvalue weighted by Crippen LogP contribution is 2.30. The smallest absolute Gasteiger partial charge is 0.241 e. The second-order valence-corrected chi connectivity index (χ2v) is 4.83. The van der Waals surface area contributed by atoms with E-state index in [1.165, 1.54) is 0 Å². The number of carbonyl (C=O) groups excluding carboxylic acids is 1. The van der Waals surface area contributed by atoms with Crippen LogP contribution >= 0.6 is 11.6 Å². The van der Waals surface area contributed by atoms with Crippen molar-refractivity contribution in [3.63, 3.8) is 0 Å². The number of hydrogen-bond donors (Lipinski definition) is 1. The van der Waals surface area contributed by atoms with Crippen molar-refractivity contribution < 1.29 is 9.53 Å². The van der Waals surface area contributed by atoms with E-state index < -0.39 is 0 Å². The van der Waals surface area contributed by atoms with Crippen LogP contribution in [0.2, 0.25) is 5.02 Å². The minimum absolute atomic E-state index is 0.0460. The number of nitrogens with one attached hydrogen (secondary N) is 1. The Morgan fingerprint density at radius 1 is 1.63 bits per heavy atom. The molecule has 1 amide bonds. The van der Waals surface area contributed by atoms with E-state index in [1.807, 2.05) is 12.1 Å². The van der Waals surface area contributed by atoms with Crippen molar-refractivity contribution >= 4 is 23.2 Å². The van der Waals surface area contributed by atoms with Crippen LogP contribution in [-0.2, 0) is 4.79 Å². The van der Waals surface area contributed by atoms with Gasteiger partial charge < -0.3 is 15.0 Å². The lowest BCUT2D eigenvalue weighted by molar-refractivity contribution is -0.118. The third kappa shape index (κ3) is 3.08. The highest BCUT2D eigenvalue weighted by molar-refractivity contribution is 6.32. The second kappa shape index (κ2) is 6.08. The Hall–Kier alpha value is -1.52. The van der Waals surface area contributed by atoms with E-state index >= 15 is 0 Å². The number of piperazine rings is 1. The number of anilines is 1. The number of halogens is 1. The van der Waals surface area contributed by atoms with Crippen molar-refractivity contribution in [1.29, 1.82) is 0 Å². The molecule has 5 heteroatoms. The first kappa shape index (κ1) is 13.9. The van der Waals surface area contributed by atoms with Crippen LogP contribution < -0.4 is 15.0 Å². The molecule has 1 aliphatic heterocycles. The average Bonchev–Trinajstić information content (AvgIpc) is 2.42. The normalized spacial score (nSPS) is 19.4. The van der Waals surface area contributed by atoms with Crippen molar-refractivity contribution in [1.82, 2.24) is 5.32 Å². The van der Waals surface area contributed by atoms with Crippen LogP contribution in [0.4, 0.5) is 5.69 Å². The molecule has 1 unspecified atom stereocenters. The number of carbonyl (C=O) groups is 1. The molecule has 102 valence electrons. The highest BCUT2D eigenvalue weighted by atomic mass is 35.5. The zero-order valence-electron chi connectivity index (χ0n) is 10.9. The zero-order valence-corrected chi connectivity index (χ0v) is 11.6. The quantitative estimate of drug-likeness (QED) is 0.860. The van der Waals surface area contributed by atoms with Gasteiger partial charge in [-0.15, -0.1) is 6.58 Å². The van der Waals surface area contributed by atoms with Crippen molar-refractivity contribution in [3.05, 3.63) is 35.9 Å². The molecule has 1 aromatic carbocycles. The first-order chi connectivity index (χ1) is 9.15. The molecule has 1 heterocycles. The van der Waals surface area contributed by atoms with Gasteiger partial charge in [0.25, 0.3) is 0 Å². The van der Waals surface area contributed by atoms with Gasteiger partial charge in [-0.3, -0.25) is 4.79 Å². The predicted octanol–water partition coefficient (Wildman–Crippen LogP) is 2.23. The number of ether oxygens (including phenoxy) is 1. The fraction of sp³-hybridized carbons (Fsp3) is 0.357. The Bertz CT molecular complexity index is 490. The Labute approximate surface area is 118 Å². The van der Waals surface area contributed by atoms with E-state index in [0.717, 1.165) is 12.1 Å². The summed E-state index contributed by atoms with van der Waals surface area (Å²) in [6.07, 6.45) is 2.68. The molecule has 19 heavy (non-hydrogen) atoms. The van der Waals surface area contributed by atoms with Crippen molar-refractivity contribution in [2.45, 2.75) is 12.5 Å². The molecule has 1 atom stereocenters. The number of hydrogen-bond acceptors (Lipinski definition) is 3. The summed E-state index contributed by atoms with van der Waals surface area (Å²) in [6, 6.07) is 5.60. The van der Waals surface area contributed by atoms with E-state index in [4.69, 9.17) is 16.3 Å². The van der Waals surface area contributed by atoms with E-state index in [9.17, 15) is 4.79 Å². The van der Waals surface area contributed by atoms with Gasteiger partial charge in [-0.25, -0.2) is 0 Å². The van der Waals surface area contributed by atoms with Crippen LogP contribution in [-0.4, -0.2) is 32.1 Å². The molecule has 0 bridgehead atoms. The topological polar surface area (TPSA) is 41.6 Å². The van der Waals surface area contributed by atoms with Crippen LogP contribution in [0.25, 0.3) is 0 Å². The number of rotatable bonds is 4. The molecule has 4 nitrogen and oxygen atoms in total. The lowest BCUT2D eigenvalue weighted by Gasteiger charge is -2.33. The molecular formula is C14H17ClN2O2. The summed E-state index contributed by atoms with van der Waals surface area (Å²) < 4.78 is 5.18. The summed E-state index contributed by atoms with van der Waals surface area (Å²) >= 11 is 6.00. The standard InChI is InChI=1S/C14H17ClN2O2/c1-3-4-10-9-17(14(18)8-16-10)11-5-6-12(15)13(7-11)19-2/h3,5-7,10,16H,1,4,8-9H2,2H3. The van der Waals surface area contributed by atoms with E-state index in [0.29, 0.717) is 23.9 Å². The Balaban J connectivity index is 2.23. The maximum Gasteiger partial charge on any atom is 0.241 e. The molecule has 0 radical (unpaired) electrons. The Morgan fingerprint density at radius 3 is 3.11 bits per heavy atom. The fourth-order valence-electron chi connectivity index (χ4n) is 2.14. The van der Waals surface area contributed by atoms with Crippen molar-refractivity contribution in [2.75, 3.05) is 25.1 Å². The largest absolute Gasteiger partial charge is 0.495 e. The predicted molar refractivity (Wildman–Crippen MR) is 77.0 cm³/mol. The van der Waals surface area contributed by atoms with Gasteiger partial charge in [0.15, 0.2) is 0 Å². The minimum atomic E-state index is 0.0460. The maximum absolute atomic E-state index is 12.0. The van der Waals surface area contributed by atoms with E-state index in [1.54, 1.807) is 24.1 Å². The molecule has 2 rings (SSSR count). The fourth-order valence-corrected chi connectivity index (χ4v) is 2.33. The van der Waals surface area contributed by atoms with Gasteiger partial charge >= 0.3 is 0 Å². The monoisotopic (exact) mass is 280 g/mol. The molecule has 0 aliphatic carbocycles. The van der Waals surface area contributed by atoms with Gasteiger partial charge in [0.1, 0.15) is 5.75 Å². The zero-order chi connectivity index (χ0) is 13.8. The van der Waals surface area contributed by atoms with Gasteiger partial charge in [0, 0.05) is 24.3 Å². The van der Waals surface area contributed by atoms with Gasteiger partial charge in [0.05, 0.1) is 18.7 Å². The van der Waals surface area contributed by atoms with Crippen LogP contribution in [0, 0.1) is 0 Å². The molecule has 1 N–H and O–H groups in total. The van der Waals surface area contributed by atoms with Crippen molar-refractivity contribution in [2.24, 2.45) is 0 Å². The highest BCUT2D eigenvalue weighted by Gasteiger charge is 2.25. The SMILES string of the molecule is C=CCC1CN(c2ccc(Cl)c(OC)c2)C(=O)CN1. The molecule has 0 saturated carbocycles. The lowest BCUT2D eigenvalue weighted by Crippen LogP contribution is -2.54. The number of benzene rings is 1. The third-order valence-corrected chi connectivity index (χ3v) is 3.46. The first-order valence-corrected chi connectivity index (χ1v) is 6.51. The van der Waals surface area contributed by atoms with Crippen LogP contribution in [0.1, 0.15) is 6.42 Å². The summed E-state index contributed by atoms with van der Waals surface area (Å²) in [7, 11) is 1.56. The number of nitrogens with zero attached hydrogens (tertiary/aromatic N) is 1. The summed E-state index contributed by atoms with van der Waals surface area (Å²) in [4.78, 5) is 13.7.